The van der Waals surface area contributed by atoms with Crippen LogP contribution in [0.4, 0.5) is 17.5 Å². The van der Waals surface area contributed by atoms with Crippen LogP contribution in [0, 0.1) is 6.92 Å². The topological polar surface area (TPSA) is 78.5 Å². The summed E-state index contributed by atoms with van der Waals surface area (Å²) in [5, 5.41) is 14.8. The molecule has 3 aromatic rings. The normalized spacial score (nSPS) is 14.9. The summed E-state index contributed by atoms with van der Waals surface area (Å²) in [6, 6.07) is 11.8. The summed E-state index contributed by atoms with van der Waals surface area (Å²) in [5.41, 5.74) is 2.21. The molecule has 1 fully saturated rings. The van der Waals surface area contributed by atoms with Gasteiger partial charge in [-0.2, -0.15) is 5.10 Å². The lowest BCUT2D eigenvalue weighted by Gasteiger charge is -2.17. The molecule has 0 saturated heterocycles. The lowest BCUT2D eigenvalue weighted by molar-refractivity contribution is 0.868. The van der Waals surface area contributed by atoms with Crippen LogP contribution in [-0.4, -0.2) is 20.2 Å². The summed E-state index contributed by atoms with van der Waals surface area (Å²) < 4.78 is 0. The van der Waals surface area contributed by atoms with Crippen molar-refractivity contribution in [2.75, 3.05) is 10.6 Å². The Kier molecular flexibility index (Phi) is 4.51. The van der Waals surface area contributed by atoms with E-state index in [1.807, 2.05) is 37.3 Å². The van der Waals surface area contributed by atoms with Gasteiger partial charge in [0, 0.05) is 28.8 Å². The number of hydrogen-bond donors (Lipinski definition) is 3. The van der Waals surface area contributed by atoms with Gasteiger partial charge in [-0.3, -0.25) is 5.10 Å². The summed E-state index contributed by atoms with van der Waals surface area (Å²) in [6.45, 7) is 3.93. The zero-order valence-corrected chi connectivity index (χ0v) is 15.5. The van der Waals surface area contributed by atoms with E-state index in [0.29, 0.717) is 17.6 Å². The van der Waals surface area contributed by atoms with Crippen molar-refractivity contribution in [1.82, 2.24) is 20.2 Å². The first-order valence-corrected chi connectivity index (χ1v) is 9.15. The minimum Gasteiger partial charge on any atom is -0.363 e. The summed E-state index contributed by atoms with van der Waals surface area (Å²) in [7, 11) is 0. The number of benzene rings is 1. The SMILES string of the molecule is Cc1nc(Nc2cc(C3CC3)[nH]n2)cc(NC(C)c2ccccc2Cl)n1. The predicted octanol–water partition coefficient (Wildman–Crippen LogP) is 4.96. The molecule has 0 radical (unpaired) electrons. The Morgan fingerprint density at radius 3 is 2.65 bits per heavy atom. The van der Waals surface area contributed by atoms with Gasteiger partial charge < -0.3 is 10.6 Å². The average Bonchev–Trinajstić information content (AvgIpc) is 3.35. The van der Waals surface area contributed by atoms with Gasteiger partial charge in [0.25, 0.3) is 0 Å². The smallest absolute Gasteiger partial charge is 0.153 e. The van der Waals surface area contributed by atoms with Gasteiger partial charge in [-0.25, -0.2) is 9.97 Å². The summed E-state index contributed by atoms with van der Waals surface area (Å²) in [5.74, 6) is 3.54. The molecule has 0 spiro atoms. The van der Waals surface area contributed by atoms with E-state index in [1.54, 1.807) is 0 Å². The molecular formula is C19H21ClN6. The molecule has 0 bridgehead atoms. The average molecular weight is 369 g/mol. The maximum atomic E-state index is 6.29. The Bertz CT molecular complexity index is 918. The minimum absolute atomic E-state index is 0.0257. The first-order valence-electron chi connectivity index (χ1n) is 8.77. The molecule has 0 aliphatic heterocycles. The predicted molar refractivity (Wildman–Crippen MR) is 104 cm³/mol. The highest BCUT2D eigenvalue weighted by atomic mass is 35.5. The largest absolute Gasteiger partial charge is 0.363 e. The summed E-state index contributed by atoms with van der Waals surface area (Å²) in [6.07, 6.45) is 2.48. The van der Waals surface area contributed by atoms with E-state index in [2.05, 4.69) is 43.8 Å². The third-order valence-corrected chi connectivity index (χ3v) is 4.79. The molecule has 4 rings (SSSR count). The molecule has 1 aliphatic carbocycles. The monoisotopic (exact) mass is 368 g/mol. The van der Waals surface area contributed by atoms with Gasteiger partial charge in [0.05, 0.1) is 6.04 Å². The molecule has 7 heteroatoms. The van der Waals surface area contributed by atoms with Crippen molar-refractivity contribution >= 4 is 29.1 Å². The number of hydrogen-bond acceptors (Lipinski definition) is 5. The van der Waals surface area contributed by atoms with Gasteiger partial charge in [-0.15, -0.1) is 0 Å². The second-order valence-electron chi connectivity index (χ2n) is 6.68. The van der Waals surface area contributed by atoms with Gasteiger partial charge in [0.15, 0.2) is 5.82 Å². The number of aromatic nitrogens is 4. The number of nitrogens with one attached hydrogen (secondary N) is 3. The van der Waals surface area contributed by atoms with Gasteiger partial charge in [0.1, 0.15) is 17.5 Å². The van der Waals surface area contributed by atoms with Crippen molar-refractivity contribution in [1.29, 1.82) is 0 Å². The van der Waals surface area contributed by atoms with Crippen LogP contribution in [0.2, 0.25) is 5.02 Å². The second-order valence-corrected chi connectivity index (χ2v) is 7.09. The van der Waals surface area contributed by atoms with Crippen molar-refractivity contribution < 1.29 is 0 Å². The molecule has 134 valence electrons. The van der Waals surface area contributed by atoms with Gasteiger partial charge >= 0.3 is 0 Å². The molecule has 1 saturated carbocycles. The molecule has 1 aromatic carbocycles. The van der Waals surface area contributed by atoms with E-state index < -0.39 is 0 Å². The van der Waals surface area contributed by atoms with Crippen molar-refractivity contribution in [3.05, 3.63) is 58.5 Å². The lowest BCUT2D eigenvalue weighted by atomic mass is 10.1. The Labute approximate surface area is 157 Å². The Hall–Kier alpha value is -2.60. The first-order chi connectivity index (χ1) is 12.6. The van der Waals surface area contributed by atoms with E-state index in [-0.39, 0.29) is 6.04 Å². The van der Waals surface area contributed by atoms with E-state index >= 15 is 0 Å². The highest BCUT2D eigenvalue weighted by Gasteiger charge is 2.25. The summed E-state index contributed by atoms with van der Waals surface area (Å²) in [4.78, 5) is 8.93. The maximum absolute atomic E-state index is 6.29. The van der Waals surface area contributed by atoms with E-state index in [9.17, 15) is 0 Å². The number of H-pyrrole nitrogens is 1. The number of rotatable bonds is 6. The Morgan fingerprint density at radius 1 is 1.12 bits per heavy atom. The van der Waals surface area contributed by atoms with Crippen LogP contribution in [0.5, 0.6) is 0 Å². The van der Waals surface area contributed by atoms with Crippen LogP contribution in [-0.2, 0) is 0 Å². The minimum atomic E-state index is 0.0257. The second kappa shape index (κ2) is 6.96. The molecule has 2 aromatic heterocycles. The van der Waals surface area contributed by atoms with Crippen LogP contribution < -0.4 is 10.6 Å². The van der Waals surface area contributed by atoms with Crippen LogP contribution in [0.3, 0.4) is 0 Å². The van der Waals surface area contributed by atoms with E-state index in [1.165, 1.54) is 18.5 Å². The van der Waals surface area contributed by atoms with Gasteiger partial charge in [0.2, 0.25) is 0 Å². The molecule has 6 nitrogen and oxygen atoms in total. The highest BCUT2D eigenvalue weighted by molar-refractivity contribution is 6.31. The highest BCUT2D eigenvalue weighted by Crippen LogP contribution is 2.39. The molecule has 1 atom stereocenters. The van der Waals surface area contributed by atoms with Crippen LogP contribution in [0.25, 0.3) is 0 Å². The van der Waals surface area contributed by atoms with Crippen LogP contribution in [0.15, 0.2) is 36.4 Å². The van der Waals surface area contributed by atoms with Crippen molar-refractivity contribution in [2.24, 2.45) is 0 Å². The molecule has 3 N–H and O–H groups in total. The van der Waals surface area contributed by atoms with Gasteiger partial charge in [-0.1, -0.05) is 29.8 Å². The fourth-order valence-corrected chi connectivity index (χ4v) is 3.27. The van der Waals surface area contributed by atoms with Crippen molar-refractivity contribution in [3.63, 3.8) is 0 Å². The third kappa shape index (κ3) is 3.80. The third-order valence-electron chi connectivity index (χ3n) is 4.45. The number of halogens is 1. The first kappa shape index (κ1) is 16.8. The molecule has 1 aliphatic rings. The molecule has 1 unspecified atom stereocenters. The van der Waals surface area contributed by atoms with Gasteiger partial charge in [-0.05, 0) is 38.3 Å². The van der Waals surface area contributed by atoms with Crippen LogP contribution in [0.1, 0.15) is 48.8 Å². The molecule has 26 heavy (non-hydrogen) atoms. The fourth-order valence-electron chi connectivity index (χ4n) is 2.97. The Balaban J connectivity index is 1.51. The van der Waals surface area contributed by atoms with Crippen molar-refractivity contribution in [2.45, 2.75) is 38.6 Å². The number of anilines is 3. The van der Waals surface area contributed by atoms with Crippen LogP contribution >= 0.6 is 11.6 Å². The quantitative estimate of drug-likeness (QED) is 0.573. The molecular weight excluding hydrogens is 348 g/mol. The maximum Gasteiger partial charge on any atom is 0.153 e. The Morgan fingerprint density at radius 2 is 1.88 bits per heavy atom. The molecule has 2 heterocycles. The zero-order chi connectivity index (χ0) is 18.1. The lowest BCUT2D eigenvalue weighted by Crippen LogP contribution is -2.10. The number of nitrogens with zero attached hydrogens (tertiary/aromatic N) is 3. The zero-order valence-electron chi connectivity index (χ0n) is 14.8. The number of aryl methyl sites for hydroxylation is 1. The fraction of sp³-hybridized carbons (Fsp3) is 0.316. The van der Waals surface area contributed by atoms with E-state index in [4.69, 9.17) is 11.6 Å². The van der Waals surface area contributed by atoms with Crippen molar-refractivity contribution in [3.8, 4) is 0 Å². The molecule has 0 amide bonds. The summed E-state index contributed by atoms with van der Waals surface area (Å²) >= 11 is 6.29. The van der Waals surface area contributed by atoms with E-state index in [0.717, 1.165) is 22.2 Å². The standard InChI is InChI=1S/C19H21ClN6/c1-11(14-5-3-4-6-15(14)20)21-17-10-18(23-12(2)22-17)24-19-9-16(25-26-19)13-7-8-13/h3-6,9-11,13H,7-8H2,1-2H3,(H3,21,22,23,24,25,26). The number of aromatic amines is 1.